The molecule has 64 valence electrons. The molecule has 0 aromatic rings. The Bertz CT molecular complexity index is 114. The highest BCUT2D eigenvalue weighted by Gasteiger charge is 2.04. The van der Waals surface area contributed by atoms with E-state index in [-0.39, 0.29) is 0 Å². The molecule has 1 N–H and O–H groups in total. The van der Waals surface area contributed by atoms with E-state index < -0.39 is 0 Å². The molecule has 0 aromatic carbocycles. The quantitative estimate of drug-likeness (QED) is 0.581. The van der Waals surface area contributed by atoms with E-state index in [9.17, 15) is 0 Å². The molecule has 0 amide bonds. The summed E-state index contributed by atoms with van der Waals surface area (Å²) in [6, 6.07) is 2.39. The van der Waals surface area contributed by atoms with Gasteiger partial charge < -0.3 is 4.74 Å². The Hall–Kier alpha value is -0.590. The fraction of sp³-hybridized carbons (Fsp3) is 0.875. The van der Waals surface area contributed by atoms with Crippen LogP contribution in [-0.4, -0.2) is 26.3 Å². The third-order valence-corrected chi connectivity index (χ3v) is 1.47. The summed E-state index contributed by atoms with van der Waals surface area (Å²) in [5.74, 6) is 0. The van der Waals surface area contributed by atoms with E-state index in [2.05, 4.69) is 12.2 Å². The zero-order valence-electron chi connectivity index (χ0n) is 7.26. The Labute approximate surface area is 68.3 Å². The zero-order chi connectivity index (χ0) is 8.53. The van der Waals surface area contributed by atoms with Gasteiger partial charge in [0, 0.05) is 13.2 Å². The van der Waals surface area contributed by atoms with Crippen molar-refractivity contribution < 1.29 is 4.74 Å². The lowest BCUT2D eigenvalue weighted by Gasteiger charge is -2.14. The molecule has 0 aliphatic heterocycles. The maximum atomic E-state index is 8.30. The molecule has 0 saturated carbocycles. The minimum Gasteiger partial charge on any atom is -0.383 e. The van der Waals surface area contributed by atoms with Gasteiger partial charge in [0.1, 0.15) is 0 Å². The Morgan fingerprint density at radius 3 is 2.82 bits per heavy atom. The van der Waals surface area contributed by atoms with Crippen molar-refractivity contribution in [3.8, 4) is 6.07 Å². The van der Waals surface area contributed by atoms with E-state index in [0.29, 0.717) is 19.2 Å². The van der Waals surface area contributed by atoms with Crippen LogP contribution >= 0.6 is 0 Å². The average molecular weight is 156 g/mol. The first-order valence-electron chi connectivity index (χ1n) is 3.94. The minimum absolute atomic E-state index is 0.338. The summed E-state index contributed by atoms with van der Waals surface area (Å²) in [6.07, 6.45) is 2.18. The molecule has 0 aliphatic carbocycles. The summed E-state index contributed by atoms with van der Waals surface area (Å²) in [4.78, 5) is 0. The van der Waals surface area contributed by atoms with Gasteiger partial charge in [0.2, 0.25) is 0 Å². The van der Waals surface area contributed by atoms with Crippen LogP contribution in [0.3, 0.4) is 0 Å². The highest BCUT2D eigenvalue weighted by molar-refractivity contribution is 4.77. The molecular formula is C8H16N2O. The fourth-order valence-electron chi connectivity index (χ4n) is 0.984. The number of hydrogen-bond donors (Lipinski definition) is 1. The second-order valence-electron chi connectivity index (χ2n) is 2.48. The van der Waals surface area contributed by atoms with Crippen LogP contribution in [0.15, 0.2) is 0 Å². The smallest absolute Gasteiger partial charge is 0.0843 e. The molecule has 0 spiro atoms. The van der Waals surface area contributed by atoms with Crippen LogP contribution in [0.5, 0.6) is 0 Å². The van der Waals surface area contributed by atoms with Crippen molar-refractivity contribution in [3.63, 3.8) is 0 Å². The van der Waals surface area contributed by atoms with E-state index in [0.717, 1.165) is 12.8 Å². The first kappa shape index (κ1) is 10.4. The van der Waals surface area contributed by atoms with Gasteiger partial charge >= 0.3 is 0 Å². The summed E-state index contributed by atoms with van der Waals surface area (Å²) in [6.45, 7) is 3.22. The molecule has 0 rings (SSSR count). The number of ether oxygens (including phenoxy) is 1. The number of nitriles is 1. The predicted molar refractivity (Wildman–Crippen MR) is 44.2 cm³/mol. The summed E-state index contributed by atoms with van der Waals surface area (Å²) in [5, 5.41) is 11.4. The van der Waals surface area contributed by atoms with Crippen molar-refractivity contribution in [3.05, 3.63) is 0 Å². The first-order valence-corrected chi connectivity index (χ1v) is 3.94. The van der Waals surface area contributed by atoms with Gasteiger partial charge in [-0.05, 0) is 6.42 Å². The van der Waals surface area contributed by atoms with Crippen molar-refractivity contribution in [2.24, 2.45) is 0 Å². The Balaban J connectivity index is 3.44. The van der Waals surface area contributed by atoms with Crippen LogP contribution in [0.4, 0.5) is 0 Å². The van der Waals surface area contributed by atoms with Gasteiger partial charge in [0.15, 0.2) is 0 Å². The molecule has 1 unspecified atom stereocenters. The van der Waals surface area contributed by atoms with Crippen LogP contribution in [0.2, 0.25) is 0 Å². The van der Waals surface area contributed by atoms with Crippen molar-refractivity contribution in [2.45, 2.75) is 25.8 Å². The lowest BCUT2D eigenvalue weighted by Crippen LogP contribution is -2.33. The van der Waals surface area contributed by atoms with Gasteiger partial charge in [-0.3, -0.25) is 5.32 Å². The molecule has 0 aliphatic rings. The SMILES string of the molecule is CCCC(COC)NCC#N. The Kier molecular flexibility index (Phi) is 7.11. The number of rotatable bonds is 6. The van der Waals surface area contributed by atoms with E-state index in [1.165, 1.54) is 0 Å². The number of hydrogen-bond acceptors (Lipinski definition) is 3. The fourth-order valence-corrected chi connectivity index (χ4v) is 0.984. The van der Waals surface area contributed by atoms with E-state index in [1.54, 1.807) is 7.11 Å². The van der Waals surface area contributed by atoms with Crippen LogP contribution in [-0.2, 0) is 4.74 Å². The summed E-state index contributed by atoms with van der Waals surface area (Å²) >= 11 is 0. The van der Waals surface area contributed by atoms with Gasteiger partial charge in [-0.2, -0.15) is 5.26 Å². The second kappa shape index (κ2) is 7.52. The van der Waals surface area contributed by atoms with Gasteiger partial charge in [-0.25, -0.2) is 0 Å². The standard InChI is InChI=1S/C8H16N2O/c1-3-4-8(7-11-2)10-6-5-9/h8,10H,3-4,6-7H2,1-2H3. The molecule has 0 aromatic heterocycles. The lowest BCUT2D eigenvalue weighted by atomic mass is 10.2. The molecule has 0 fully saturated rings. The van der Waals surface area contributed by atoms with Gasteiger partial charge in [0.25, 0.3) is 0 Å². The van der Waals surface area contributed by atoms with Crippen molar-refractivity contribution in [2.75, 3.05) is 20.3 Å². The summed E-state index contributed by atoms with van der Waals surface area (Å²) < 4.78 is 4.98. The van der Waals surface area contributed by atoms with Gasteiger partial charge in [-0.1, -0.05) is 13.3 Å². The lowest BCUT2D eigenvalue weighted by molar-refractivity contribution is 0.164. The molecule has 0 bridgehead atoms. The summed E-state index contributed by atoms with van der Waals surface area (Å²) in [7, 11) is 1.68. The third kappa shape index (κ3) is 5.84. The van der Waals surface area contributed by atoms with E-state index >= 15 is 0 Å². The molecule has 0 heterocycles. The van der Waals surface area contributed by atoms with Crippen LogP contribution in [0.1, 0.15) is 19.8 Å². The number of methoxy groups -OCH3 is 1. The van der Waals surface area contributed by atoms with Crippen molar-refractivity contribution in [1.82, 2.24) is 5.32 Å². The van der Waals surface area contributed by atoms with E-state index in [4.69, 9.17) is 10.00 Å². The normalized spacial score (nSPS) is 12.5. The minimum atomic E-state index is 0.338. The molecule has 1 atom stereocenters. The van der Waals surface area contributed by atoms with Crippen molar-refractivity contribution >= 4 is 0 Å². The largest absolute Gasteiger partial charge is 0.383 e. The average Bonchev–Trinajstić information content (AvgIpc) is 2.01. The number of nitrogens with one attached hydrogen (secondary N) is 1. The molecule has 3 nitrogen and oxygen atoms in total. The zero-order valence-corrected chi connectivity index (χ0v) is 7.26. The molecular weight excluding hydrogens is 140 g/mol. The van der Waals surface area contributed by atoms with Crippen LogP contribution in [0.25, 0.3) is 0 Å². The maximum Gasteiger partial charge on any atom is 0.0843 e. The predicted octanol–water partition coefficient (Wildman–Crippen LogP) is 0.915. The maximum absolute atomic E-state index is 8.30. The topological polar surface area (TPSA) is 45.0 Å². The van der Waals surface area contributed by atoms with Crippen LogP contribution < -0.4 is 5.32 Å². The summed E-state index contributed by atoms with van der Waals surface area (Å²) in [5.41, 5.74) is 0. The highest BCUT2D eigenvalue weighted by atomic mass is 16.5. The molecule has 0 radical (unpaired) electrons. The number of nitrogens with zero attached hydrogens (tertiary/aromatic N) is 1. The first-order chi connectivity index (χ1) is 5.35. The van der Waals surface area contributed by atoms with Crippen LogP contribution in [0, 0.1) is 11.3 Å². The second-order valence-corrected chi connectivity index (χ2v) is 2.48. The van der Waals surface area contributed by atoms with Gasteiger partial charge in [0.05, 0.1) is 19.2 Å². The molecule has 0 saturated heterocycles. The third-order valence-electron chi connectivity index (χ3n) is 1.47. The Morgan fingerprint density at radius 2 is 2.36 bits per heavy atom. The van der Waals surface area contributed by atoms with E-state index in [1.807, 2.05) is 6.07 Å². The Morgan fingerprint density at radius 1 is 1.64 bits per heavy atom. The highest BCUT2D eigenvalue weighted by Crippen LogP contribution is 1.95. The molecule has 3 heteroatoms. The molecule has 11 heavy (non-hydrogen) atoms. The van der Waals surface area contributed by atoms with Gasteiger partial charge in [-0.15, -0.1) is 0 Å². The monoisotopic (exact) mass is 156 g/mol. The van der Waals surface area contributed by atoms with Crippen molar-refractivity contribution in [1.29, 1.82) is 5.26 Å².